The average Bonchev–Trinajstić information content (AvgIpc) is 3.18. The third kappa shape index (κ3) is 2.87. The lowest BCUT2D eigenvalue weighted by atomic mass is 10.1. The van der Waals surface area contributed by atoms with E-state index in [0.717, 1.165) is 12.8 Å². The van der Waals surface area contributed by atoms with Crippen LogP contribution in [-0.4, -0.2) is 38.1 Å². The van der Waals surface area contributed by atoms with Crippen LogP contribution in [0.15, 0.2) is 18.2 Å². The molecule has 2 rings (SSSR count). The summed E-state index contributed by atoms with van der Waals surface area (Å²) in [6.45, 7) is 1.21. The fraction of sp³-hybridized carbons (Fsp3) is 0.500. The second-order valence-electron chi connectivity index (χ2n) is 5.21. The van der Waals surface area contributed by atoms with Crippen LogP contribution in [0.4, 0.5) is 4.39 Å². The highest BCUT2D eigenvalue weighted by Gasteiger charge is 2.42. The van der Waals surface area contributed by atoms with Crippen molar-refractivity contribution in [2.24, 2.45) is 11.1 Å². The first-order valence-corrected chi connectivity index (χ1v) is 6.30. The van der Waals surface area contributed by atoms with Crippen molar-refractivity contribution in [2.75, 3.05) is 27.2 Å². The number of carbonyl (C=O) groups is 1. The van der Waals surface area contributed by atoms with Crippen molar-refractivity contribution in [3.63, 3.8) is 0 Å². The van der Waals surface area contributed by atoms with Crippen LogP contribution < -0.4 is 10.5 Å². The number of nitrogens with two attached hydrogens (primary N) is 1. The first kappa shape index (κ1) is 13.8. The van der Waals surface area contributed by atoms with Gasteiger partial charge in [-0.1, -0.05) is 0 Å². The third-order valence-electron chi connectivity index (χ3n) is 3.71. The summed E-state index contributed by atoms with van der Waals surface area (Å²) in [6, 6.07) is 4.24. The highest BCUT2D eigenvalue weighted by molar-refractivity contribution is 5.94. The number of hydrogen-bond donors (Lipinski definition) is 1. The van der Waals surface area contributed by atoms with Crippen LogP contribution in [-0.2, 0) is 0 Å². The monoisotopic (exact) mass is 266 g/mol. The molecular weight excluding hydrogens is 247 g/mol. The quantitative estimate of drug-likeness (QED) is 0.881. The summed E-state index contributed by atoms with van der Waals surface area (Å²) in [5.41, 5.74) is 6.11. The Bertz CT molecular complexity index is 486. The molecule has 1 amide bonds. The number of amides is 1. The summed E-state index contributed by atoms with van der Waals surface area (Å²) in [4.78, 5) is 13.8. The molecule has 19 heavy (non-hydrogen) atoms. The molecular formula is C14H19FN2O2. The SMILES string of the molecule is COc1ccc(C(=O)N(C)CC2(CN)CC2)cc1F. The molecule has 4 nitrogen and oxygen atoms in total. The Morgan fingerprint density at radius 3 is 2.68 bits per heavy atom. The number of hydrogen-bond acceptors (Lipinski definition) is 3. The van der Waals surface area contributed by atoms with Gasteiger partial charge >= 0.3 is 0 Å². The Hall–Kier alpha value is -1.62. The molecule has 0 radical (unpaired) electrons. The van der Waals surface area contributed by atoms with Crippen molar-refractivity contribution >= 4 is 5.91 Å². The van der Waals surface area contributed by atoms with E-state index in [-0.39, 0.29) is 17.1 Å². The minimum atomic E-state index is -0.526. The van der Waals surface area contributed by atoms with E-state index in [9.17, 15) is 9.18 Å². The highest BCUT2D eigenvalue weighted by Crippen LogP contribution is 2.45. The standard InChI is InChI=1S/C14H19FN2O2/c1-17(9-14(8-16)5-6-14)13(18)10-3-4-12(19-2)11(15)7-10/h3-4,7H,5-6,8-9,16H2,1-2H3. The molecule has 1 fully saturated rings. The van der Waals surface area contributed by atoms with Gasteiger partial charge in [0.15, 0.2) is 11.6 Å². The fourth-order valence-corrected chi connectivity index (χ4v) is 2.20. The Kier molecular flexibility index (Phi) is 3.75. The Morgan fingerprint density at radius 1 is 1.53 bits per heavy atom. The molecule has 0 bridgehead atoms. The molecule has 1 aliphatic rings. The molecule has 0 spiro atoms. The van der Waals surface area contributed by atoms with Gasteiger partial charge < -0.3 is 15.4 Å². The van der Waals surface area contributed by atoms with Gasteiger partial charge in [0.05, 0.1) is 7.11 Å². The maximum absolute atomic E-state index is 13.6. The lowest BCUT2D eigenvalue weighted by Gasteiger charge is -2.23. The van der Waals surface area contributed by atoms with Gasteiger partial charge in [0.1, 0.15) is 0 Å². The van der Waals surface area contributed by atoms with Crippen molar-refractivity contribution in [3.05, 3.63) is 29.6 Å². The average molecular weight is 266 g/mol. The van der Waals surface area contributed by atoms with Gasteiger partial charge in [0.2, 0.25) is 0 Å². The molecule has 2 N–H and O–H groups in total. The summed E-state index contributed by atoms with van der Waals surface area (Å²) >= 11 is 0. The summed E-state index contributed by atoms with van der Waals surface area (Å²) < 4.78 is 18.4. The van der Waals surface area contributed by atoms with E-state index < -0.39 is 5.82 Å². The number of carbonyl (C=O) groups excluding carboxylic acids is 1. The molecule has 1 aliphatic carbocycles. The minimum absolute atomic E-state index is 0.0788. The zero-order valence-electron chi connectivity index (χ0n) is 11.3. The summed E-state index contributed by atoms with van der Waals surface area (Å²) in [6.07, 6.45) is 2.11. The van der Waals surface area contributed by atoms with Gasteiger partial charge in [-0.15, -0.1) is 0 Å². The smallest absolute Gasteiger partial charge is 0.253 e. The van der Waals surface area contributed by atoms with Crippen LogP contribution in [0.5, 0.6) is 5.75 Å². The molecule has 0 atom stereocenters. The molecule has 0 unspecified atom stereocenters. The van der Waals surface area contributed by atoms with Gasteiger partial charge in [0, 0.05) is 24.6 Å². The molecule has 104 valence electrons. The minimum Gasteiger partial charge on any atom is -0.494 e. The number of ether oxygens (including phenoxy) is 1. The molecule has 5 heteroatoms. The number of rotatable bonds is 5. The third-order valence-corrected chi connectivity index (χ3v) is 3.71. The van der Waals surface area contributed by atoms with E-state index in [1.165, 1.54) is 19.2 Å². The summed E-state index contributed by atoms with van der Waals surface area (Å²) in [5.74, 6) is -0.581. The molecule has 0 heterocycles. The van der Waals surface area contributed by atoms with Crippen molar-refractivity contribution in [3.8, 4) is 5.75 Å². The Balaban J connectivity index is 2.08. The van der Waals surface area contributed by atoms with E-state index in [0.29, 0.717) is 18.7 Å². The molecule has 1 saturated carbocycles. The Morgan fingerprint density at radius 2 is 2.21 bits per heavy atom. The summed E-state index contributed by atoms with van der Waals surface area (Å²) in [5, 5.41) is 0. The van der Waals surface area contributed by atoms with Crippen molar-refractivity contribution < 1.29 is 13.9 Å². The first-order chi connectivity index (χ1) is 9.01. The maximum Gasteiger partial charge on any atom is 0.253 e. The zero-order chi connectivity index (χ0) is 14.0. The van der Waals surface area contributed by atoms with E-state index in [4.69, 9.17) is 10.5 Å². The fourth-order valence-electron chi connectivity index (χ4n) is 2.20. The highest BCUT2D eigenvalue weighted by atomic mass is 19.1. The molecule has 1 aromatic rings. The van der Waals surface area contributed by atoms with E-state index in [1.54, 1.807) is 18.0 Å². The lowest BCUT2D eigenvalue weighted by Crippen LogP contribution is -2.35. The van der Waals surface area contributed by atoms with Crippen LogP contribution in [0.3, 0.4) is 0 Å². The second kappa shape index (κ2) is 5.17. The van der Waals surface area contributed by atoms with Gasteiger partial charge in [-0.25, -0.2) is 4.39 Å². The maximum atomic E-state index is 13.6. The molecule has 0 aromatic heterocycles. The number of nitrogens with zero attached hydrogens (tertiary/aromatic N) is 1. The van der Waals surface area contributed by atoms with E-state index in [2.05, 4.69) is 0 Å². The second-order valence-corrected chi connectivity index (χ2v) is 5.21. The zero-order valence-corrected chi connectivity index (χ0v) is 11.3. The molecule has 0 aliphatic heterocycles. The van der Waals surface area contributed by atoms with Crippen molar-refractivity contribution in [1.82, 2.24) is 4.90 Å². The number of benzene rings is 1. The largest absolute Gasteiger partial charge is 0.494 e. The van der Waals surface area contributed by atoms with E-state index in [1.807, 2.05) is 0 Å². The van der Waals surface area contributed by atoms with Crippen molar-refractivity contribution in [1.29, 1.82) is 0 Å². The van der Waals surface area contributed by atoms with Crippen LogP contribution >= 0.6 is 0 Å². The van der Waals surface area contributed by atoms with Gasteiger partial charge in [-0.05, 0) is 37.6 Å². The van der Waals surface area contributed by atoms with Gasteiger partial charge in [-0.3, -0.25) is 4.79 Å². The topological polar surface area (TPSA) is 55.6 Å². The number of methoxy groups -OCH3 is 1. The van der Waals surface area contributed by atoms with Crippen LogP contribution in [0.2, 0.25) is 0 Å². The normalized spacial score (nSPS) is 16.0. The first-order valence-electron chi connectivity index (χ1n) is 6.30. The predicted octanol–water partition coefficient (Wildman–Crippen LogP) is 1.65. The Labute approximate surface area is 112 Å². The predicted molar refractivity (Wildman–Crippen MR) is 70.6 cm³/mol. The van der Waals surface area contributed by atoms with Gasteiger partial charge in [0.25, 0.3) is 5.91 Å². The van der Waals surface area contributed by atoms with Crippen LogP contribution in [0.1, 0.15) is 23.2 Å². The molecule has 1 aromatic carbocycles. The summed E-state index contributed by atoms with van der Waals surface area (Å²) in [7, 11) is 3.12. The van der Waals surface area contributed by atoms with Crippen molar-refractivity contribution in [2.45, 2.75) is 12.8 Å². The number of halogens is 1. The molecule has 0 saturated heterocycles. The van der Waals surface area contributed by atoms with Crippen LogP contribution in [0, 0.1) is 11.2 Å². The lowest BCUT2D eigenvalue weighted by molar-refractivity contribution is 0.0766. The van der Waals surface area contributed by atoms with Crippen LogP contribution in [0.25, 0.3) is 0 Å². The van der Waals surface area contributed by atoms with Gasteiger partial charge in [-0.2, -0.15) is 0 Å². The van der Waals surface area contributed by atoms with E-state index >= 15 is 0 Å².